The molecule has 0 radical (unpaired) electrons. The van der Waals surface area contributed by atoms with Gasteiger partial charge in [-0.1, -0.05) is 12.1 Å². The number of hydrogen-bond donors (Lipinski definition) is 1. The molecule has 144 valence electrons. The first-order chi connectivity index (χ1) is 13.0. The van der Waals surface area contributed by atoms with Crippen LogP contribution in [-0.4, -0.2) is 60.4 Å². The predicted octanol–water partition coefficient (Wildman–Crippen LogP) is 2.01. The van der Waals surface area contributed by atoms with Crippen molar-refractivity contribution in [3.63, 3.8) is 0 Å². The molecule has 1 aromatic heterocycles. The van der Waals surface area contributed by atoms with Crippen LogP contribution in [0.4, 0.5) is 0 Å². The maximum absolute atomic E-state index is 12.9. The van der Waals surface area contributed by atoms with Crippen molar-refractivity contribution in [2.45, 2.75) is 39.2 Å². The number of furan rings is 1. The van der Waals surface area contributed by atoms with Crippen LogP contribution in [0.5, 0.6) is 0 Å². The number of piperazine rings is 1. The summed E-state index contributed by atoms with van der Waals surface area (Å²) in [5.74, 6) is 0.260. The van der Waals surface area contributed by atoms with Crippen LogP contribution in [0.1, 0.15) is 29.5 Å². The zero-order valence-corrected chi connectivity index (χ0v) is 16.1. The van der Waals surface area contributed by atoms with E-state index in [-0.39, 0.29) is 17.9 Å². The highest BCUT2D eigenvalue weighted by atomic mass is 16.3. The number of nitrogens with one attached hydrogen (secondary N) is 1. The van der Waals surface area contributed by atoms with Gasteiger partial charge in [-0.3, -0.25) is 9.59 Å². The van der Waals surface area contributed by atoms with Gasteiger partial charge in [0.1, 0.15) is 5.58 Å². The fourth-order valence-corrected chi connectivity index (χ4v) is 4.24. The van der Waals surface area contributed by atoms with E-state index in [0.29, 0.717) is 19.5 Å². The maximum Gasteiger partial charge on any atom is 0.236 e. The van der Waals surface area contributed by atoms with Crippen molar-refractivity contribution in [2.75, 3.05) is 32.7 Å². The molecule has 1 N–H and O–H groups in total. The number of piperidine rings is 1. The second-order valence-electron chi connectivity index (χ2n) is 7.72. The average Bonchev–Trinajstić information content (AvgIpc) is 3.08. The molecular formula is C21H27N3O3. The van der Waals surface area contributed by atoms with E-state index >= 15 is 0 Å². The number of rotatable bonds is 3. The summed E-state index contributed by atoms with van der Waals surface area (Å²) in [4.78, 5) is 29.0. The summed E-state index contributed by atoms with van der Waals surface area (Å²) in [6, 6.07) is 4.26. The third-order valence-electron chi connectivity index (χ3n) is 6.00. The third-order valence-corrected chi connectivity index (χ3v) is 6.00. The maximum atomic E-state index is 12.9. The Balaban J connectivity index is 1.47. The molecule has 6 nitrogen and oxygen atoms in total. The number of carbonyl (C=O) groups is 2. The zero-order valence-electron chi connectivity index (χ0n) is 16.1. The molecule has 0 saturated carbocycles. The van der Waals surface area contributed by atoms with Gasteiger partial charge in [-0.05, 0) is 37.8 Å². The van der Waals surface area contributed by atoms with Gasteiger partial charge in [0.15, 0.2) is 0 Å². The highest BCUT2D eigenvalue weighted by Gasteiger charge is 2.31. The van der Waals surface area contributed by atoms with Crippen LogP contribution in [-0.2, 0) is 16.0 Å². The first-order valence-corrected chi connectivity index (χ1v) is 9.79. The monoisotopic (exact) mass is 369 g/mol. The molecule has 27 heavy (non-hydrogen) atoms. The van der Waals surface area contributed by atoms with Crippen molar-refractivity contribution in [1.29, 1.82) is 0 Å². The lowest BCUT2D eigenvalue weighted by Gasteiger charge is -2.41. The van der Waals surface area contributed by atoms with Gasteiger partial charge in [-0.15, -0.1) is 0 Å². The van der Waals surface area contributed by atoms with E-state index in [2.05, 4.69) is 18.3 Å². The summed E-state index contributed by atoms with van der Waals surface area (Å²) in [7, 11) is 0. The van der Waals surface area contributed by atoms with Crippen LogP contribution < -0.4 is 5.32 Å². The van der Waals surface area contributed by atoms with Crippen molar-refractivity contribution < 1.29 is 14.0 Å². The Hall–Kier alpha value is -2.34. The van der Waals surface area contributed by atoms with Crippen molar-refractivity contribution in [2.24, 2.45) is 0 Å². The summed E-state index contributed by atoms with van der Waals surface area (Å²) in [5.41, 5.74) is 4.13. The van der Waals surface area contributed by atoms with E-state index in [1.54, 1.807) is 6.26 Å². The van der Waals surface area contributed by atoms with Gasteiger partial charge in [0.2, 0.25) is 11.8 Å². The van der Waals surface area contributed by atoms with Crippen LogP contribution in [0.25, 0.3) is 11.0 Å². The number of benzene rings is 1. The van der Waals surface area contributed by atoms with Gasteiger partial charge in [0.25, 0.3) is 0 Å². The second kappa shape index (κ2) is 7.35. The first-order valence-electron chi connectivity index (χ1n) is 9.79. The summed E-state index contributed by atoms with van der Waals surface area (Å²) in [6.07, 6.45) is 3.98. The van der Waals surface area contributed by atoms with Crippen molar-refractivity contribution >= 4 is 22.8 Å². The number of aryl methyl sites for hydroxylation is 2. The molecule has 2 aromatic rings. The number of likely N-dealkylation sites (tertiary alicyclic amines) is 1. The van der Waals surface area contributed by atoms with Gasteiger partial charge in [-0.2, -0.15) is 0 Å². The third kappa shape index (κ3) is 3.46. The van der Waals surface area contributed by atoms with E-state index in [1.807, 2.05) is 22.8 Å². The molecule has 2 amide bonds. The van der Waals surface area contributed by atoms with Gasteiger partial charge in [-0.25, -0.2) is 0 Å². The van der Waals surface area contributed by atoms with E-state index in [0.717, 1.165) is 54.6 Å². The normalized spacial score (nSPS) is 21.1. The molecule has 0 bridgehead atoms. The smallest absolute Gasteiger partial charge is 0.236 e. The Morgan fingerprint density at radius 2 is 2.15 bits per heavy atom. The van der Waals surface area contributed by atoms with Crippen LogP contribution in [0.2, 0.25) is 0 Å². The van der Waals surface area contributed by atoms with Gasteiger partial charge >= 0.3 is 0 Å². The Morgan fingerprint density at radius 3 is 2.96 bits per heavy atom. The van der Waals surface area contributed by atoms with E-state index < -0.39 is 0 Å². The summed E-state index contributed by atoms with van der Waals surface area (Å²) in [6.45, 7) is 7.48. The van der Waals surface area contributed by atoms with Gasteiger partial charge in [0.05, 0.1) is 19.2 Å². The highest BCUT2D eigenvalue weighted by molar-refractivity contribution is 5.89. The average molecular weight is 369 g/mol. The summed E-state index contributed by atoms with van der Waals surface area (Å²) >= 11 is 0. The molecule has 1 aromatic carbocycles. The largest absolute Gasteiger partial charge is 0.464 e. The SMILES string of the molecule is Cc1ccc2c(CC(=O)N3CCCC(N4CCNCC4=O)C3)coc2c1C. The molecule has 0 aliphatic carbocycles. The molecule has 2 fully saturated rings. The lowest BCUT2D eigenvalue weighted by molar-refractivity contribution is -0.140. The van der Waals surface area contributed by atoms with E-state index in [9.17, 15) is 9.59 Å². The summed E-state index contributed by atoms with van der Waals surface area (Å²) < 4.78 is 5.75. The molecule has 1 atom stereocenters. The Kier molecular flexibility index (Phi) is 4.91. The van der Waals surface area contributed by atoms with Crippen LogP contribution in [0, 0.1) is 13.8 Å². The lowest BCUT2D eigenvalue weighted by atomic mass is 10.0. The van der Waals surface area contributed by atoms with Crippen LogP contribution in [0.15, 0.2) is 22.8 Å². The molecule has 0 spiro atoms. The number of amides is 2. The molecule has 6 heteroatoms. The summed E-state index contributed by atoms with van der Waals surface area (Å²) in [5, 5.41) is 4.14. The molecule has 3 heterocycles. The second-order valence-corrected chi connectivity index (χ2v) is 7.72. The topological polar surface area (TPSA) is 65.8 Å². The lowest BCUT2D eigenvalue weighted by Crippen LogP contribution is -2.57. The minimum absolute atomic E-state index is 0.114. The van der Waals surface area contributed by atoms with Crippen molar-refractivity contribution in [3.05, 3.63) is 35.1 Å². The number of nitrogens with zero attached hydrogens (tertiary/aromatic N) is 2. The quantitative estimate of drug-likeness (QED) is 0.899. The van der Waals surface area contributed by atoms with Crippen LogP contribution in [0.3, 0.4) is 0 Å². The Morgan fingerprint density at radius 1 is 1.30 bits per heavy atom. The first kappa shape index (κ1) is 18.0. The van der Waals surface area contributed by atoms with Crippen molar-refractivity contribution in [3.8, 4) is 0 Å². The number of carbonyl (C=O) groups excluding carboxylic acids is 2. The van der Waals surface area contributed by atoms with E-state index in [1.165, 1.54) is 5.56 Å². The molecule has 2 aliphatic rings. The zero-order chi connectivity index (χ0) is 19.0. The minimum Gasteiger partial charge on any atom is -0.464 e. The molecule has 2 saturated heterocycles. The van der Waals surface area contributed by atoms with E-state index in [4.69, 9.17) is 4.42 Å². The van der Waals surface area contributed by atoms with Crippen LogP contribution >= 0.6 is 0 Å². The number of fused-ring (bicyclic) bond motifs is 1. The Bertz CT molecular complexity index is 873. The fraction of sp³-hybridized carbons (Fsp3) is 0.524. The minimum atomic E-state index is 0.114. The van der Waals surface area contributed by atoms with Gasteiger partial charge in [0, 0.05) is 43.2 Å². The molecular weight excluding hydrogens is 342 g/mol. The highest BCUT2D eigenvalue weighted by Crippen LogP contribution is 2.27. The van der Waals surface area contributed by atoms with Crippen molar-refractivity contribution in [1.82, 2.24) is 15.1 Å². The molecule has 2 aliphatic heterocycles. The number of hydrogen-bond acceptors (Lipinski definition) is 4. The predicted molar refractivity (Wildman–Crippen MR) is 104 cm³/mol. The fourth-order valence-electron chi connectivity index (χ4n) is 4.24. The Labute approximate surface area is 159 Å². The standard InChI is InChI=1S/C21H27N3O3/c1-14-5-6-18-16(13-27-21(18)15(14)2)10-19(25)23-8-3-4-17(12-23)24-9-7-22-11-20(24)26/h5-6,13,17,22H,3-4,7-12H2,1-2H3. The molecule has 1 unspecified atom stereocenters. The van der Waals surface area contributed by atoms with Gasteiger partial charge < -0.3 is 19.5 Å². The molecule has 4 rings (SSSR count).